The maximum atomic E-state index is 12.5. The van der Waals surface area contributed by atoms with E-state index in [9.17, 15) is 9.90 Å². The second-order valence-corrected chi connectivity index (χ2v) is 6.72. The summed E-state index contributed by atoms with van der Waals surface area (Å²) in [6.45, 7) is 0.00915. The molecule has 4 aromatic rings. The van der Waals surface area contributed by atoms with E-state index in [4.69, 9.17) is 4.42 Å². The number of thiophene rings is 1. The van der Waals surface area contributed by atoms with Gasteiger partial charge in [0, 0.05) is 15.8 Å². The minimum atomic E-state index is -1.40. The molecule has 5 nitrogen and oxygen atoms in total. The van der Waals surface area contributed by atoms with Crippen LogP contribution < -0.4 is 5.32 Å². The molecule has 0 unspecified atom stereocenters. The second-order valence-electron chi connectivity index (χ2n) is 5.77. The zero-order valence-electron chi connectivity index (χ0n) is 13.2. The first kappa shape index (κ1) is 15.7. The number of rotatable bonds is 5. The van der Waals surface area contributed by atoms with Crippen molar-refractivity contribution >= 4 is 28.1 Å². The van der Waals surface area contributed by atoms with Gasteiger partial charge in [0.25, 0.3) is 5.91 Å². The van der Waals surface area contributed by atoms with Gasteiger partial charge in [-0.2, -0.15) is 0 Å². The third-order valence-corrected chi connectivity index (χ3v) is 5.16. The Labute approximate surface area is 147 Å². The molecule has 3 heterocycles. The van der Waals surface area contributed by atoms with Crippen LogP contribution in [0.4, 0.5) is 0 Å². The molecule has 0 aliphatic rings. The molecular weight excluding hydrogens is 336 g/mol. The molecule has 3 N–H and O–H groups in total. The Bertz CT molecular complexity index is 920. The number of aliphatic hydroxyl groups is 1. The average molecular weight is 352 g/mol. The van der Waals surface area contributed by atoms with Crippen LogP contribution in [0.15, 0.2) is 70.7 Å². The first-order chi connectivity index (χ1) is 12.2. The zero-order chi connectivity index (χ0) is 17.3. The molecule has 6 heteroatoms. The lowest BCUT2D eigenvalue weighted by molar-refractivity contribution is 0.0553. The molecule has 126 valence electrons. The Morgan fingerprint density at radius 3 is 2.80 bits per heavy atom. The molecule has 1 atom stereocenters. The van der Waals surface area contributed by atoms with Gasteiger partial charge in [0.05, 0.1) is 12.8 Å². The first-order valence-electron chi connectivity index (χ1n) is 7.83. The van der Waals surface area contributed by atoms with Crippen molar-refractivity contribution in [1.29, 1.82) is 0 Å². The van der Waals surface area contributed by atoms with E-state index >= 15 is 0 Å². The van der Waals surface area contributed by atoms with Gasteiger partial charge >= 0.3 is 0 Å². The standard InChI is InChI=1S/C19H16N2O3S/c22-18(15-11-13-5-1-2-6-14(13)21-15)20-12-19(23,16-7-3-9-24-16)17-8-4-10-25-17/h1-11,21,23H,12H2,(H,20,22)/t19-/m0/s1. The predicted molar refractivity (Wildman–Crippen MR) is 96.7 cm³/mol. The highest BCUT2D eigenvalue weighted by Gasteiger charge is 2.36. The SMILES string of the molecule is O=C(NC[C@](O)(c1ccco1)c1cccs1)c1cc2ccccc2[nH]1. The molecule has 1 aromatic carbocycles. The summed E-state index contributed by atoms with van der Waals surface area (Å²) >= 11 is 1.41. The van der Waals surface area contributed by atoms with E-state index in [1.165, 1.54) is 17.6 Å². The monoisotopic (exact) mass is 352 g/mol. The van der Waals surface area contributed by atoms with E-state index in [0.29, 0.717) is 16.3 Å². The zero-order valence-corrected chi connectivity index (χ0v) is 14.0. The lowest BCUT2D eigenvalue weighted by Gasteiger charge is -2.25. The number of carbonyl (C=O) groups is 1. The number of hydrogen-bond donors (Lipinski definition) is 3. The van der Waals surface area contributed by atoms with Crippen molar-refractivity contribution < 1.29 is 14.3 Å². The maximum Gasteiger partial charge on any atom is 0.267 e. The van der Waals surface area contributed by atoms with Gasteiger partial charge in [0.2, 0.25) is 0 Å². The molecule has 0 bridgehead atoms. The molecule has 0 radical (unpaired) electrons. The van der Waals surface area contributed by atoms with Crippen LogP contribution in [0.5, 0.6) is 0 Å². The van der Waals surface area contributed by atoms with Gasteiger partial charge in [-0.1, -0.05) is 24.3 Å². The Balaban J connectivity index is 1.58. The summed E-state index contributed by atoms with van der Waals surface area (Å²) in [5, 5.41) is 16.8. The quantitative estimate of drug-likeness (QED) is 0.514. The number of aromatic amines is 1. The van der Waals surface area contributed by atoms with Crippen LogP contribution in [-0.2, 0) is 5.60 Å². The number of furan rings is 1. The van der Waals surface area contributed by atoms with Crippen LogP contribution in [0, 0.1) is 0 Å². The Morgan fingerprint density at radius 1 is 1.20 bits per heavy atom. The largest absolute Gasteiger partial charge is 0.466 e. The van der Waals surface area contributed by atoms with Gasteiger partial charge in [-0.05, 0) is 35.7 Å². The highest BCUT2D eigenvalue weighted by Crippen LogP contribution is 2.32. The van der Waals surface area contributed by atoms with E-state index in [2.05, 4.69) is 10.3 Å². The highest BCUT2D eigenvalue weighted by atomic mass is 32.1. The van der Waals surface area contributed by atoms with Crippen molar-refractivity contribution in [3.8, 4) is 0 Å². The number of carbonyl (C=O) groups excluding carboxylic acids is 1. The fourth-order valence-electron chi connectivity index (χ4n) is 2.82. The lowest BCUT2D eigenvalue weighted by atomic mass is 9.98. The van der Waals surface area contributed by atoms with Crippen molar-refractivity contribution in [3.05, 3.63) is 82.6 Å². The summed E-state index contributed by atoms with van der Waals surface area (Å²) in [6.07, 6.45) is 1.51. The molecule has 0 spiro atoms. The van der Waals surface area contributed by atoms with Crippen LogP contribution in [-0.4, -0.2) is 22.5 Å². The van der Waals surface area contributed by atoms with E-state index in [-0.39, 0.29) is 12.5 Å². The van der Waals surface area contributed by atoms with Crippen molar-refractivity contribution in [2.45, 2.75) is 5.60 Å². The summed E-state index contributed by atoms with van der Waals surface area (Å²) in [6, 6.07) is 16.6. The summed E-state index contributed by atoms with van der Waals surface area (Å²) in [7, 11) is 0. The highest BCUT2D eigenvalue weighted by molar-refractivity contribution is 7.10. The Morgan fingerprint density at radius 2 is 2.08 bits per heavy atom. The molecule has 0 fully saturated rings. The molecule has 25 heavy (non-hydrogen) atoms. The van der Waals surface area contributed by atoms with Crippen molar-refractivity contribution in [1.82, 2.24) is 10.3 Å². The summed E-state index contributed by atoms with van der Waals surface area (Å²) in [5.41, 5.74) is -0.0549. The third-order valence-electron chi connectivity index (χ3n) is 4.14. The number of para-hydroxylation sites is 1. The molecule has 3 aromatic heterocycles. The summed E-state index contributed by atoms with van der Waals surface area (Å²) in [5.74, 6) is 0.115. The van der Waals surface area contributed by atoms with E-state index in [1.807, 2.05) is 41.8 Å². The van der Waals surface area contributed by atoms with Crippen molar-refractivity contribution in [2.24, 2.45) is 0 Å². The number of amides is 1. The van der Waals surface area contributed by atoms with Crippen LogP contribution >= 0.6 is 11.3 Å². The molecule has 0 aliphatic heterocycles. The van der Waals surface area contributed by atoms with Crippen LogP contribution in [0.1, 0.15) is 21.1 Å². The lowest BCUT2D eigenvalue weighted by Crippen LogP contribution is -2.41. The van der Waals surface area contributed by atoms with Gasteiger partial charge in [-0.25, -0.2) is 0 Å². The first-order valence-corrected chi connectivity index (χ1v) is 8.71. The summed E-state index contributed by atoms with van der Waals surface area (Å²) < 4.78 is 5.41. The van der Waals surface area contributed by atoms with Gasteiger partial charge in [-0.3, -0.25) is 4.79 Å². The van der Waals surface area contributed by atoms with E-state index in [0.717, 1.165) is 10.9 Å². The van der Waals surface area contributed by atoms with Crippen molar-refractivity contribution in [2.75, 3.05) is 6.54 Å². The molecule has 0 saturated heterocycles. The van der Waals surface area contributed by atoms with Gasteiger partial charge < -0.3 is 19.8 Å². The van der Waals surface area contributed by atoms with E-state index in [1.54, 1.807) is 18.2 Å². The second kappa shape index (κ2) is 6.23. The van der Waals surface area contributed by atoms with Gasteiger partial charge in [0.15, 0.2) is 5.60 Å². The molecule has 0 saturated carbocycles. The number of hydrogen-bond acceptors (Lipinski definition) is 4. The summed E-state index contributed by atoms with van der Waals surface area (Å²) in [4.78, 5) is 16.3. The maximum absolute atomic E-state index is 12.5. The molecular formula is C19H16N2O3S. The Hall–Kier alpha value is -2.83. The van der Waals surface area contributed by atoms with Crippen molar-refractivity contribution in [3.63, 3.8) is 0 Å². The van der Waals surface area contributed by atoms with Gasteiger partial charge in [-0.15, -0.1) is 11.3 Å². The van der Waals surface area contributed by atoms with Crippen LogP contribution in [0.25, 0.3) is 10.9 Å². The minimum absolute atomic E-state index is 0.00915. The number of fused-ring (bicyclic) bond motifs is 1. The topological polar surface area (TPSA) is 78.3 Å². The molecule has 0 aliphatic carbocycles. The number of H-pyrrole nitrogens is 1. The predicted octanol–water partition coefficient (Wildman–Crippen LogP) is 3.49. The van der Waals surface area contributed by atoms with Gasteiger partial charge in [0.1, 0.15) is 11.5 Å². The number of aromatic nitrogens is 1. The fourth-order valence-corrected chi connectivity index (χ4v) is 3.65. The third kappa shape index (κ3) is 2.86. The van der Waals surface area contributed by atoms with Crippen LogP contribution in [0.3, 0.4) is 0 Å². The van der Waals surface area contributed by atoms with Crippen LogP contribution in [0.2, 0.25) is 0 Å². The average Bonchev–Trinajstić information content (AvgIpc) is 3.40. The number of benzene rings is 1. The number of nitrogens with one attached hydrogen (secondary N) is 2. The smallest absolute Gasteiger partial charge is 0.267 e. The normalized spacial score (nSPS) is 13.6. The molecule has 4 rings (SSSR count). The molecule has 1 amide bonds. The Kier molecular flexibility index (Phi) is 3.91. The minimum Gasteiger partial charge on any atom is -0.466 e. The fraction of sp³-hybridized carbons (Fsp3) is 0.105. The van der Waals surface area contributed by atoms with E-state index < -0.39 is 5.60 Å².